The number of carbonyl (C=O) groups excluding carboxylic acids is 1. The minimum absolute atomic E-state index is 0.120. The van der Waals surface area contributed by atoms with Crippen molar-refractivity contribution in [2.45, 2.75) is 40.2 Å². The van der Waals surface area contributed by atoms with Gasteiger partial charge in [0.25, 0.3) is 0 Å². The average Bonchev–Trinajstić information content (AvgIpc) is 2.36. The minimum atomic E-state index is -0.383. The smallest absolute Gasteiger partial charge is 0.341 e. The van der Waals surface area contributed by atoms with Crippen LogP contribution in [-0.2, 0) is 9.47 Å². The fourth-order valence-electron chi connectivity index (χ4n) is 1.63. The van der Waals surface area contributed by atoms with Gasteiger partial charge in [-0.15, -0.1) is 0 Å². The molecule has 1 heterocycles. The molecule has 0 saturated heterocycles. The maximum atomic E-state index is 11.6. The van der Waals surface area contributed by atoms with Gasteiger partial charge in [0.2, 0.25) is 0 Å². The maximum absolute atomic E-state index is 11.6. The molecule has 100 valence electrons. The topological polar surface area (TPSA) is 61.3 Å². The summed E-state index contributed by atoms with van der Waals surface area (Å²) in [5.41, 5.74) is 1.03. The molecule has 0 aliphatic rings. The predicted octanol–water partition coefficient (Wildman–Crippen LogP) is 2.45. The largest absolute Gasteiger partial charge is 0.462 e. The number of carbonyl (C=O) groups is 1. The highest BCUT2D eigenvalue weighted by molar-refractivity contribution is 5.90. The summed E-state index contributed by atoms with van der Waals surface area (Å²) >= 11 is 0. The first kappa shape index (κ1) is 14.6. The van der Waals surface area contributed by atoms with E-state index in [1.54, 1.807) is 13.8 Å². The zero-order valence-corrected chi connectivity index (χ0v) is 11.4. The van der Waals surface area contributed by atoms with E-state index in [4.69, 9.17) is 9.47 Å². The maximum Gasteiger partial charge on any atom is 0.341 e. The van der Waals surface area contributed by atoms with E-state index in [0.29, 0.717) is 30.3 Å². The van der Waals surface area contributed by atoms with Gasteiger partial charge in [0.15, 0.2) is 5.82 Å². The standard InChI is InChI=1S/C13H20N2O3/c1-5-11(17-6-2)12-14-8-10(9(4)15-12)13(16)18-7-3/h8,11H,5-7H2,1-4H3. The monoisotopic (exact) mass is 252 g/mol. The van der Waals surface area contributed by atoms with E-state index in [-0.39, 0.29) is 12.1 Å². The summed E-state index contributed by atoms with van der Waals surface area (Å²) in [6.07, 6.45) is 2.19. The van der Waals surface area contributed by atoms with Crippen LogP contribution in [-0.4, -0.2) is 29.2 Å². The van der Waals surface area contributed by atoms with E-state index in [0.717, 1.165) is 6.42 Å². The van der Waals surface area contributed by atoms with Crippen molar-refractivity contribution in [3.63, 3.8) is 0 Å². The number of nitrogens with zero attached hydrogens (tertiary/aromatic N) is 2. The third kappa shape index (κ3) is 3.50. The van der Waals surface area contributed by atoms with E-state index < -0.39 is 0 Å². The Kier molecular flexibility index (Phi) is 5.71. The van der Waals surface area contributed by atoms with Crippen LogP contribution in [0.2, 0.25) is 0 Å². The number of hydrogen-bond donors (Lipinski definition) is 0. The second-order valence-corrected chi connectivity index (χ2v) is 3.80. The summed E-state index contributed by atoms with van der Waals surface area (Å²) in [5.74, 6) is 0.232. The number of esters is 1. The summed E-state index contributed by atoms with van der Waals surface area (Å²) in [5, 5.41) is 0. The van der Waals surface area contributed by atoms with Gasteiger partial charge < -0.3 is 9.47 Å². The molecule has 5 heteroatoms. The van der Waals surface area contributed by atoms with Crippen molar-refractivity contribution >= 4 is 5.97 Å². The molecule has 0 aromatic carbocycles. The molecule has 18 heavy (non-hydrogen) atoms. The molecule has 1 aromatic heterocycles. The summed E-state index contributed by atoms with van der Waals surface area (Å²) < 4.78 is 10.5. The Balaban J connectivity index is 2.94. The molecule has 0 N–H and O–H groups in total. The lowest BCUT2D eigenvalue weighted by Gasteiger charge is -2.14. The lowest BCUT2D eigenvalue weighted by molar-refractivity contribution is 0.0505. The summed E-state index contributed by atoms with van der Waals surface area (Å²) in [7, 11) is 0. The first-order chi connectivity index (χ1) is 8.63. The number of ether oxygens (including phenoxy) is 2. The van der Waals surface area contributed by atoms with Crippen LogP contribution in [0.1, 0.15) is 55.2 Å². The van der Waals surface area contributed by atoms with Crippen LogP contribution in [0.25, 0.3) is 0 Å². The molecule has 0 saturated carbocycles. The van der Waals surface area contributed by atoms with Crippen LogP contribution < -0.4 is 0 Å². The fraction of sp³-hybridized carbons (Fsp3) is 0.615. The number of aryl methyl sites for hydroxylation is 1. The van der Waals surface area contributed by atoms with Crippen molar-refractivity contribution in [1.82, 2.24) is 9.97 Å². The zero-order valence-electron chi connectivity index (χ0n) is 11.4. The molecule has 0 radical (unpaired) electrons. The summed E-state index contributed by atoms with van der Waals surface area (Å²) in [4.78, 5) is 20.1. The minimum Gasteiger partial charge on any atom is -0.462 e. The van der Waals surface area contributed by atoms with Crippen LogP contribution in [0.4, 0.5) is 0 Å². The molecular formula is C13H20N2O3. The molecular weight excluding hydrogens is 232 g/mol. The van der Waals surface area contributed by atoms with Crippen molar-refractivity contribution in [3.8, 4) is 0 Å². The molecule has 0 amide bonds. The SMILES string of the molecule is CCOC(=O)c1cnc(C(CC)OCC)nc1C. The van der Waals surface area contributed by atoms with Crippen LogP contribution in [0.3, 0.4) is 0 Å². The van der Waals surface area contributed by atoms with Gasteiger partial charge in [0.1, 0.15) is 6.10 Å². The Bertz CT molecular complexity index is 407. The summed E-state index contributed by atoms with van der Waals surface area (Å²) in [6, 6.07) is 0. The molecule has 0 aliphatic carbocycles. The molecule has 1 aromatic rings. The van der Waals surface area contributed by atoms with Crippen LogP contribution in [0.15, 0.2) is 6.20 Å². The first-order valence-electron chi connectivity index (χ1n) is 6.26. The van der Waals surface area contributed by atoms with Crippen molar-refractivity contribution in [2.75, 3.05) is 13.2 Å². The van der Waals surface area contributed by atoms with E-state index in [9.17, 15) is 4.79 Å². The molecule has 1 atom stereocenters. The predicted molar refractivity (Wildman–Crippen MR) is 67.4 cm³/mol. The highest BCUT2D eigenvalue weighted by atomic mass is 16.5. The van der Waals surface area contributed by atoms with Gasteiger partial charge in [0, 0.05) is 12.8 Å². The van der Waals surface area contributed by atoms with Crippen molar-refractivity contribution in [3.05, 3.63) is 23.3 Å². The lowest BCUT2D eigenvalue weighted by Crippen LogP contribution is -2.13. The van der Waals surface area contributed by atoms with E-state index >= 15 is 0 Å². The molecule has 0 spiro atoms. The zero-order chi connectivity index (χ0) is 13.5. The van der Waals surface area contributed by atoms with Crippen LogP contribution >= 0.6 is 0 Å². The van der Waals surface area contributed by atoms with Gasteiger partial charge in [-0.25, -0.2) is 14.8 Å². The second kappa shape index (κ2) is 7.06. The van der Waals surface area contributed by atoms with Crippen molar-refractivity contribution in [2.24, 2.45) is 0 Å². The third-order valence-corrected chi connectivity index (χ3v) is 2.52. The number of rotatable bonds is 6. The van der Waals surface area contributed by atoms with Crippen molar-refractivity contribution < 1.29 is 14.3 Å². The highest BCUT2D eigenvalue weighted by Crippen LogP contribution is 2.18. The Hall–Kier alpha value is -1.49. The second-order valence-electron chi connectivity index (χ2n) is 3.80. The lowest BCUT2D eigenvalue weighted by atomic mass is 10.2. The van der Waals surface area contributed by atoms with Gasteiger partial charge in [0.05, 0.1) is 17.9 Å². The molecule has 1 unspecified atom stereocenters. The molecule has 0 aliphatic heterocycles. The van der Waals surface area contributed by atoms with E-state index in [2.05, 4.69) is 9.97 Å². The Morgan fingerprint density at radius 3 is 2.56 bits per heavy atom. The number of aromatic nitrogens is 2. The Labute approximate surface area is 108 Å². The fourth-order valence-corrected chi connectivity index (χ4v) is 1.63. The normalized spacial score (nSPS) is 12.2. The Morgan fingerprint density at radius 2 is 2.06 bits per heavy atom. The molecule has 1 rings (SSSR count). The van der Waals surface area contributed by atoms with Gasteiger partial charge >= 0.3 is 5.97 Å². The van der Waals surface area contributed by atoms with Crippen molar-refractivity contribution in [1.29, 1.82) is 0 Å². The van der Waals surface area contributed by atoms with Gasteiger partial charge in [-0.3, -0.25) is 0 Å². The third-order valence-electron chi connectivity index (χ3n) is 2.52. The van der Waals surface area contributed by atoms with E-state index in [1.165, 1.54) is 6.20 Å². The van der Waals surface area contributed by atoms with Gasteiger partial charge in [-0.2, -0.15) is 0 Å². The number of hydrogen-bond acceptors (Lipinski definition) is 5. The molecule has 0 fully saturated rings. The highest BCUT2D eigenvalue weighted by Gasteiger charge is 2.17. The summed E-state index contributed by atoms with van der Waals surface area (Å²) in [6.45, 7) is 8.44. The van der Waals surface area contributed by atoms with Gasteiger partial charge in [-0.1, -0.05) is 6.92 Å². The first-order valence-corrected chi connectivity index (χ1v) is 6.26. The van der Waals surface area contributed by atoms with E-state index in [1.807, 2.05) is 13.8 Å². The average molecular weight is 252 g/mol. The quantitative estimate of drug-likeness (QED) is 0.728. The van der Waals surface area contributed by atoms with Gasteiger partial charge in [-0.05, 0) is 27.2 Å². The molecule has 5 nitrogen and oxygen atoms in total. The van der Waals surface area contributed by atoms with Crippen LogP contribution in [0, 0.1) is 6.92 Å². The molecule has 0 bridgehead atoms. The van der Waals surface area contributed by atoms with Crippen LogP contribution in [0.5, 0.6) is 0 Å². The Morgan fingerprint density at radius 1 is 1.33 bits per heavy atom.